The van der Waals surface area contributed by atoms with E-state index in [1.165, 1.54) is 0 Å². The highest BCUT2D eigenvalue weighted by Gasteiger charge is 2.21. The summed E-state index contributed by atoms with van der Waals surface area (Å²) >= 11 is 0. The number of imidazole rings is 1. The number of benzene rings is 1. The molecule has 7 nitrogen and oxygen atoms in total. The highest BCUT2D eigenvalue weighted by atomic mass is 16.5. The summed E-state index contributed by atoms with van der Waals surface area (Å²) in [6.07, 6.45) is 7.06. The van der Waals surface area contributed by atoms with Crippen LogP contribution in [-0.4, -0.2) is 52.6 Å². The average molecular weight is 399 g/mol. The molecule has 1 saturated heterocycles. The largest absolute Gasteiger partial charge is 0.462 e. The van der Waals surface area contributed by atoms with Gasteiger partial charge in [-0.3, -0.25) is 9.69 Å². The van der Waals surface area contributed by atoms with Gasteiger partial charge in [-0.2, -0.15) is 0 Å². The first kappa shape index (κ1) is 21.0. The van der Waals surface area contributed by atoms with Crippen LogP contribution in [0, 0.1) is 5.92 Å². The number of carbonyl (C=O) groups is 2. The maximum atomic E-state index is 12.4. The number of nitrogens with one attached hydrogen (secondary N) is 1. The predicted octanol–water partition coefficient (Wildman–Crippen LogP) is 2.97. The summed E-state index contributed by atoms with van der Waals surface area (Å²) in [5.41, 5.74) is 1.17. The number of piperidine rings is 1. The molecule has 0 spiro atoms. The van der Waals surface area contributed by atoms with Crippen molar-refractivity contribution >= 4 is 17.6 Å². The maximum Gasteiger partial charge on any atom is 0.338 e. The van der Waals surface area contributed by atoms with E-state index in [1.807, 2.05) is 6.20 Å². The normalized spacial score (nSPS) is 15.2. The summed E-state index contributed by atoms with van der Waals surface area (Å²) in [7, 11) is 0. The van der Waals surface area contributed by atoms with Crippen LogP contribution in [0.3, 0.4) is 0 Å². The smallest absolute Gasteiger partial charge is 0.338 e. The number of carbonyl (C=O) groups excluding carboxylic acids is 2. The van der Waals surface area contributed by atoms with Crippen molar-refractivity contribution in [1.82, 2.24) is 14.5 Å². The predicted molar refractivity (Wildman–Crippen MR) is 112 cm³/mol. The van der Waals surface area contributed by atoms with Crippen LogP contribution in [-0.2, 0) is 22.5 Å². The Morgan fingerprint density at radius 2 is 1.90 bits per heavy atom. The van der Waals surface area contributed by atoms with Gasteiger partial charge in [0.25, 0.3) is 0 Å². The summed E-state index contributed by atoms with van der Waals surface area (Å²) in [6, 6.07) is 6.79. The number of likely N-dealkylation sites (tertiary alicyclic amines) is 1. The van der Waals surface area contributed by atoms with Crippen molar-refractivity contribution in [2.45, 2.75) is 39.7 Å². The molecule has 1 fully saturated rings. The summed E-state index contributed by atoms with van der Waals surface area (Å²) < 4.78 is 7.22. The van der Waals surface area contributed by atoms with Crippen molar-refractivity contribution in [3.8, 4) is 0 Å². The molecule has 2 aromatic rings. The lowest BCUT2D eigenvalue weighted by Gasteiger charge is -2.31. The number of aromatic nitrogens is 2. The van der Waals surface area contributed by atoms with Gasteiger partial charge in [0.15, 0.2) is 0 Å². The van der Waals surface area contributed by atoms with Crippen LogP contribution in [0.2, 0.25) is 0 Å². The molecule has 0 radical (unpaired) electrons. The second-order valence-corrected chi connectivity index (χ2v) is 7.41. The number of esters is 1. The lowest BCUT2D eigenvalue weighted by atomic mass is 9.96. The Morgan fingerprint density at radius 1 is 1.17 bits per heavy atom. The second kappa shape index (κ2) is 10.2. The zero-order chi connectivity index (χ0) is 20.6. The molecular formula is C22H30N4O3. The fraction of sp³-hybridized carbons (Fsp3) is 0.500. The third kappa shape index (κ3) is 5.90. The number of hydrogen-bond acceptors (Lipinski definition) is 5. The van der Waals surface area contributed by atoms with E-state index in [0.717, 1.165) is 44.7 Å². The van der Waals surface area contributed by atoms with E-state index in [1.54, 1.807) is 31.2 Å². The molecule has 1 aliphatic heterocycles. The molecule has 0 atom stereocenters. The Kier molecular flexibility index (Phi) is 7.41. The first-order valence-corrected chi connectivity index (χ1v) is 10.4. The molecule has 156 valence electrons. The molecule has 0 aliphatic carbocycles. The minimum atomic E-state index is -0.352. The molecule has 0 bridgehead atoms. The van der Waals surface area contributed by atoms with Gasteiger partial charge >= 0.3 is 5.97 Å². The first-order chi connectivity index (χ1) is 14.1. The van der Waals surface area contributed by atoms with Crippen molar-refractivity contribution in [2.24, 2.45) is 5.92 Å². The number of nitrogens with zero attached hydrogens (tertiary/aromatic N) is 3. The lowest BCUT2D eigenvalue weighted by Crippen LogP contribution is -2.40. The van der Waals surface area contributed by atoms with E-state index in [2.05, 4.69) is 32.9 Å². The van der Waals surface area contributed by atoms with Crippen LogP contribution in [0.5, 0.6) is 0 Å². The molecule has 7 heteroatoms. The Labute approximate surface area is 172 Å². The minimum absolute atomic E-state index is 0.0322. The zero-order valence-corrected chi connectivity index (χ0v) is 17.3. The van der Waals surface area contributed by atoms with Crippen molar-refractivity contribution < 1.29 is 14.3 Å². The molecule has 1 amide bonds. The molecule has 1 aliphatic rings. The van der Waals surface area contributed by atoms with Crippen LogP contribution in [0.25, 0.3) is 0 Å². The number of anilines is 1. The van der Waals surface area contributed by atoms with Gasteiger partial charge in [0.05, 0.1) is 18.7 Å². The van der Waals surface area contributed by atoms with Crippen LogP contribution in [0.1, 0.15) is 42.9 Å². The lowest BCUT2D eigenvalue weighted by molar-refractivity contribution is -0.117. The molecule has 2 heterocycles. The summed E-state index contributed by atoms with van der Waals surface area (Å²) in [5, 5.41) is 2.90. The monoisotopic (exact) mass is 398 g/mol. The molecule has 1 N–H and O–H groups in total. The number of ether oxygens (including phenoxy) is 1. The van der Waals surface area contributed by atoms with Crippen molar-refractivity contribution in [3.05, 3.63) is 48.0 Å². The van der Waals surface area contributed by atoms with E-state index >= 15 is 0 Å². The van der Waals surface area contributed by atoms with E-state index in [4.69, 9.17) is 4.74 Å². The van der Waals surface area contributed by atoms with Gasteiger partial charge in [-0.15, -0.1) is 0 Å². The number of aryl methyl sites for hydroxylation is 1. The zero-order valence-electron chi connectivity index (χ0n) is 17.3. The molecule has 29 heavy (non-hydrogen) atoms. The van der Waals surface area contributed by atoms with E-state index in [0.29, 0.717) is 30.3 Å². The number of hydrogen-bond donors (Lipinski definition) is 1. The Morgan fingerprint density at radius 3 is 2.55 bits per heavy atom. The van der Waals surface area contributed by atoms with Crippen LogP contribution in [0.4, 0.5) is 5.69 Å². The SMILES string of the molecule is CCOC(=O)c1ccc(NC(=O)CN2CCC(Cn3ccnc3CC)CC2)cc1. The number of rotatable bonds is 8. The molecule has 3 rings (SSSR count). The van der Waals surface area contributed by atoms with Gasteiger partial charge in [0.2, 0.25) is 5.91 Å². The Hall–Kier alpha value is -2.67. The van der Waals surface area contributed by atoms with Gasteiger partial charge in [0, 0.05) is 31.0 Å². The quantitative estimate of drug-likeness (QED) is 0.692. The highest BCUT2D eigenvalue weighted by molar-refractivity contribution is 5.94. The average Bonchev–Trinajstić information content (AvgIpc) is 3.17. The second-order valence-electron chi connectivity index (χ2n) is 7.41. The van der Waals surface area contributed by atoms with Gasteiger partial charge in [-0.25, -0.2) is 9.78 Å². The van der Waals surface area contributed by atoms with Crippen molar-refractivity contribution in [1.29, 1.82) is 0 Å². The van der Waals surface area contributed by atoms with Gasteiger partial charge < -0.3 is 14.6 Å². The van der Waals surface area contributed by atoms with Crippen molar-refractivity contribution in [2.75, 3.05) is 31.6 Å². The van der Waals surface area contributed by atoms with Gasteiger partial charge in [0.1, 0.15) is 5.82 Å². The Balaban J connectivity index is 1.42. The molecule has 0 saturated carbocycles. The first-order valence-electron chi connectivity index (χ1n) is 10.4. The number of amides is 1. The molecular weight excluding hydrogens is 368 g/mol. The third-order valence-electron chi connectivity index (χ3n) is 5.33. The van der Waals surface area contributed by atoms with E-state index < -0.39 is 0 Å². The van der Waals surface area contributed by atoms with Gasteiger partial charge in [-0.05, 0) is 63.0 Å². The summed E-state index contributed by atoms with van der Waals surface area (Å²) in [5.74, 6) is 1.38. The highest BCUT2D eigenvalue weighted by Crippen LogP contribution is 2.20. The molecule has 0 unspecified atom stereocenters. The van der Waals surface area contributed by atoms with Gasteiger partial charge in [-0.1, -0.05) is 6.92 Å². The Bertz CT molecular complexity index is 808. The summed E-state index contributed by atoms with van der Waals surface area (Å²) in [4.78, 5) is 30.6. The van der Waals surface area contributed by atoms with E-state index in [9.17, 15) is 9.59 Å². The minimum Gasteiger partial charge on any atom is -0.462 e. The van der Waals surface area contributed by atoms with Crippen LogP contribution < -0.4 is 5.32 Å². The molecule has 1 aromatic heterocycles. The van der Waals surface area contributed by atoms with Crippen molar-refractivity contribution in [3.63, 3.8) is 0 Å². The third-order valence-corrected chi connectivity index (χ3v) is 5.33. The maximum absolute atomic E-state index is 12.4. The topological polar surface area (TPSA) is 76.5 Å². The fourth-order valence-corrected chi connectivity index (χ4v) is 3.73. The standard InChI is InChI=1S/C22H30N4O3/c1-3-20-23-11-14-26(20)15-17-9-12-25(13-10-17)16-21(27)24-19-7-5-18(6-8-19)22(28)29-4-2/h5-8,11,14,17H,3-4,9-10,12-13,15-16H2,1-2H3,(H,24,27). The van der Waals surface area contributed by atoms with E-state index in [-0.39, 0.29) is 11.9 Å². The fourth-order valence-electron chi connectivity index (χ4n) is 3.73. The molecule has 1 aromatic carbocycles. The van der Waals surface area contributed by atoms with Crippen LogP contribution >= 0.6 is 0 Å². The summed E-state index contributed by atoms with van der Waals surface area (Å²) in [6.45, 7) is 7.50. The van der Waals surface area contributed by atoms with Crippen LogP contribution in [0.15, 0.2) is 36.7 Å².